The number of nitrogens with zero attached hydrogens (tertiary/aromatic N) is 1. The monoisotopic (exact) mass is 216 g/mol. The van der Waals surface area contributed by atoms with Crippen LogP contribution in [0.15, 0.2) is 40.1 Å². The van der Waals surface area contributed by atoms with Gasteiger partial charge in [0.1, 0.15) is 0 Å². The zero-order valence-corrected chi connectivity index (χ0v) is 8.72. The predicted molar refractivity (Wildman–Crippen MR) is 59.0 cm³/mol. The molecule has 0 unspecified atom stereocenters. The molecule has 1 saturated carbocycles. The summed E-state index contributed by atoms with van der Waals surface area (Å²) in [6, 6.07) is 3.30. The first-order chi connectivity index (χ1) is 7.84. The minimum atomic E-state index is -0.285. The van der Waals surface area contributed by atoms with Crippen molar-refractivity contribution < 1.29 is 9.21 Å². The lowest BCUT2D eigenvalue weighted by atomic mass is 9.74. The molecule has 82 valence electrons. The topological polar surface area (TPSA) is 54.6 Å². The van der Waals surface area contributed by atoms with Gasteiger partial charge in [0.15, 0.2) is 5.76 Å². The number of hydrogen-bond acceptors (Lipinski definition) is 3. The van der Waals surface area contributed by atoms with Crippen LogP contribution in [0, 0.1) is 11.8 Å². The van der Waals surface area contributed by atoms with Gasteiger partial charge in [-0.3, -0.25) is 4.79 Å². The van der Waals surface area contributed by atoms with E-state index in [0.29, 0.717) is 17.6 Å². The highest BCUT2D eigenvalue weighted by Gasteiger charge is 2.38. The Bertz CT molecular complexity index is 459. The van der Waals surface area contributed by atoms with Crippen molar-refractivity contribution >= 4 is 11.6 Å². The van der Waals surface area contributed by atoms with Crippen LogP contribution in [0.25, 0.3) is 0 Å². The van der Waals surface area contributed by atoms with E-state index in [4.69, 9.17) is 4.42 Å². The van der Waals surface area contributed by atoms with Crippen LogP contribution in [-0.4, -0.2) is 11.6 Å². The molecule has 1 amide bonds. The second-order valence-corrected chi connectivity index (χ2v) is 4.16. The fourth-order valence-corrected chi connectivity index (χ4v) is 2.25. The maximum Gasteiger partial charge on any atom is 0.307 e. The lowest BCUT2D eigenvalue weighted by Gasteiger charge is -2.31. The maximum atomic E-state index is 11.5. The molecule has 0 bridgehead atoms. The summed E-state index contributed by atoms with van der Waals surface area (Å²) in [7, 11) is 0. The quantitative estimate of drug-likeness (QED) is 0.607. The summed E-state index contributed by atoms with van der Waals surface area (Å²) in [4.78, 5) is 11.5. The molecule has 0 spiro atoms. The van der Waals surface area contributed by atoms with E-state index in [2.05, 4.69) is 22.7 Å². The van der Waals surface area contributed by atoms with Crippen molar-refractivity contribution in [2.45, 2.75) is 12.8 Å². The molecule has 1 N–H and O–H groups in total. The number of allylic oxidation sites excluding steroid dienone is 2. The van der Waals surface area contributed by atoms with Crippen LogP contribution in [0.3, 0.4) is 0 Å². The average Bonchev–Trinajstić information content (AvgIpc) is 2.88. The van der Waals surface area contributed by atoms with Gasteiger partial charge in [-0.1, -0.05) is 12.2 Å². The van der Waals surface area contributed by atoms with Crippen LogP contribution in [0.2, 0.25) is 0 Å². The number of nitrogens with one attached hydrogen (secondary N) is 1. The van der Waals surface area contributed by atoms with Gasteiger partial charge in [-0.15, -0.1) is 0 Å². The Morgan fingerprint density at radius 2 is 2.50 bits per heavy atom. The van der Waals surface area contributed by atoms with Crippen molar-refractivity contribution in [2.24, 2.45) is 16.9 Å². The van der Waals surface area contributed by atoms with E-state index in [1.165, 1.54) is 6.26 Å². The zero-order valence-electron chi connectivity index (χ0n) is 8.72. The molecule has 0 radical (unpaired) electrons. The van der Waals surface area contributed by atoms with Gasteiger partial charge in [-0.25, -0.2) is 5.43 Å². The van der Waals surface area contributed by atoms with E-state index in [1.54, 1.807) is 12.1 Å². The molecule has 1 aromatic heterocycles. The van der Waals surface area contributed by atoms with Crippen LogP contribution in [0.5, 0.6) is 0 Å². The van der Waals surface area contributed by atoms with Crippen molar-refractivity contribution in [3.8, 4) is 0 Å². The number of carbonyl (C=O) groups excluding carboxylic acids is 1. The molecule has 0 aliphatic heterocycles. The third kappa shape index (κ3) is 1.46. The minimum absolute atomic E-state index is 0.285. The first-order valence-electron chi connectivity index (χ1n) is 5.41. The average molecular weight is 216 g/mol. The molecule has 16 heavy (non-hydrogen) atoms. The molecule has 2 aliphatic rings. The van der Waals surface area contributed by atoms with Crippen molar-refractivity contribution in [3.63, 3.8) is 0 Å². The molecular formula is C12H12N2O2. The van der Waals surface area contributed by atoms with E-state index in [-0.39, 0.29) is 5.91 Å². The Morgan fingerprint density at radius 3 is 3.25 bits per heavy atom. The lowest BCUT2D eigenvalue weighted by Crippen LogP contribution is -2.35. The van der Waals surface area contributed by atoms with E-state index in [1.807, 2.05) is 0 Å². The highest BCUT2D eigenvalue weighted by atomic mass is 16.3. The highest BCUT2D eigenvalue weighted by Crippen LogP contribution is 2.39. The third-order valence-electron chi connectivity index (χ3n) is 3.21. The summed E-state index contributed by atoms with van der Waals surface area (Å²) in [6.45, 7) is 0. The van der Waals surface area contributed by atoms with Gasteiger partial charge >= 0.3 is 5.91 Å². The Hall–Kier alpha value is -1.84. The van der Waals surface area contributed by atoms with Gasteiger partial charge in [-0.05, 0) is 30.9 Å². The van der Waals surface area contributed by atoms with Gasteiger partial charge in [0.2, 0.25) is 0 Å². The van der Waals surface area contributed by atoms with E-state index >= 15 is 0 Å². The smallest absolute Gasteiger partial charge is 0.307 e. The first-order valence-corrected chi connectivity index (χ1v) is 5.41. The number of carbonyl (C=O) groups is 1. The van der Waals surface area contributed by atoms with Crippen LogP contribution >= 0.6 is 0 Å². The largest absolute Gasteiger partial charge is 0.459 e. The third-order valence-corrected chi connectivity index (χ3v) is 3.21. The van der Waals surface area contributed by atoms with Gasteiger partial charge in [0.05, 0.1) is 6.26 Å². The van der Waals surface area contributed by atoms with Crippen LogP contribution in [0.4, 0.5) is 0 Å². The van der Waals surface area contributed by atoms with E-state index < -0.39 is 0 Å². The molecule has 2 aliphatic carbocycles. The zero-order chi connectivity index (χ0) is 11.0. The number of hydrazone groups is 1. The lowest BCUT2D eigenvalue weighted by molar-refractivity contribution is 0.0926. The Kier molecular flexibility index (Phi) is 2.13. The molecule has 1 aromatic rings. The molecule has 4 heteroatoms. The van der Waals surface area contributed by atoms with Crippen LogP contribution in [0.1, 0.15) is 23.4 Å². The maximum absolute atomic E-state index is 11.5. The van der Waals surface area contributed by atoms with Crippen molar-refractivity contribution in [2.75, 3.05) is 0 Å². The van der Waals surface area contributed by atoms with Crippen molar-refractivity contribution in [1.29, 1.82) is 0 Å². The highest BCUT2D eigenvalue weighted by molar-refractivity contribution is 5.96. The molecule has 3 rings (SSSR count). The Labute approximate surface area is 93.0 Å². The van der Waals surface area contributed by atoms with Crippen LogP contribution in [-0.2, 0) is 0 Å². The molecule has 2 atom stereocenters. The summed E-state index contributed by atoms with van der Waals surface area (Å²) in [5.74, 6) is 1.19. The molecule has 4 nitrogen and oxygen atoms in total. The van der Waals surface area contributed by atoms with Gasteiger partial charge < -0.3 is 4.42 Å². The SMILES string of the molecule is O=C(N/N=C1\C[C@H]2C=CC[C@H]12)c1ccco1. The van der Waals surface area contributed by atoms with E-state index in [9.17, 15) is 4.79 Å². The van der Waals surface area contributed by atoms with Crippen molar-refractivity contribution in [3.05, 3.63) is 36.3 Å². The van der Waals surface area contributed by atoms with Gasteiger partial charge in [0, 0.05) is 11.6 Å². The molecule has 0 saturated heterocycles. The van der Waals surface area contributed by atoms with Gasteiger partial charge in [-0.2, -0.15) is 5.10 Å². The Balaban J connectivity index is 1.61. The molecule has 1 fully saturated rings. The summed E-state index contributed by atoms with van der Waals surface area (Å²) >= 11 is 0. The van der Waals surface area contributed by atoms with E-state index in [0.717, 1.165) is 18.6 Å². The predicted octanol–water partition coefficient (Wildman–Crippen LogP) is 1.96. The molecule has 1 heterocycles. The number of amides is 1. The first kappa shape index (κ1) is 9.39. The van der Waals surface area contributed by atoms with Crippen LogP contribution < -0.4 is 5.43 Å². The number of hydrogen-bond donors (Lipinski definition) is 1. The fourth-order valence-electron chi connectivity index (χ4n) is 2.25. The normalized spacial score (nSPS) is 28.9. The standard InChI is InChI=1S/C12H12N2O2/c15-12(11-5-2-6-16-11)14-13-10-7-8-3-1-4-9(8)10/h1-3,5-6,8-9H,4,7H2,(H,14,15)/b13-10+/t8-,9+/m1/s1. The fraction of sp³-hybridized carbons (Fsp3) is 0.333. The summed E-state index contributed by atoms with van der Waals surface area (Å²) in [6.07, 6.45) is 7.92. The van der Waals surface area contributed by atoms with Gasteiger partial charge in [0.25, 0.3) is 0 Å². The van der Waals surface area contributed by atoms with Crippen molar-refractivity contribution in [1.82, 2.24) is 5.43 Å². The second kappa shape index (κ2) is 3.63. The summed E-state index contributed by atoms with van der Waals surface area (Å²) in [5.41, 5.74) is 3.62. The number of furan rings is 1. The number of fused-ring (bicyclic) bond motifs is 1. The molecule has 0 aromatic carbocycles. The second-order valence-electron chi connectivity index (χ2n) is 4.16. The summed E-state index contributed by atoms with van der Waals surface area (Å²) < 4.78 is 4.97. The summed E-state index contributed by atoms with van der Waals surface area (Å²) in [5, 5.41) is 4.15. The number of rotatable bonds is 2. The Morgan fingerprint density at radius 1 is 1.56 bits per heavy atom. The molecular weight excluding hydrogens is 204 g/mol. The minimum Gasteiger partial charge on any atom is -0.459 e.